The molecule has 150 valence electrons. The molecule has 0 spiro atoms. The number of nitrogens with one attached hydrogen (secondary N) is 1. The average Bonchev–Trinajstić information content (AvgIpc) is 2.96. The summed E-state index contributed by atoms with van der Waals surface area (Å²) < 4.78 is 6.82. The summed E-state index contributed by atoms with van der Waals surface area (Å²) in [4.78, 5) is 23.3. The minimum Gasteiger partial charge on any atom is -0.490 e. The van der Waals surface area contributed by atoms with Crippen LogP contribution in [0.2, 0.25) is 0 Å². The van der Waals surface area contributed by atoms with Crippen molar-refractivity contribution in [1.82, 2.24) is 9.78 Å². The molecule has 0 fully saturated rings. The predicted octanol–water partition coefficient (Wildman–Crippen LogP) is 4.03. The van der Waals surface area contributed by atoms with E-state index < -0.39 is 10.8 Å². The molecule has 0 radical (unpaired) electrons. The number of hydrogen-bond donors (Lipinski definition) is 1. The lowest BCUT2D eigenvalue weighted by Gasteiger charge is -2.09. The monoisotopic (exact) mass is 394 g/mol. The summed E-state index contributed by atoms with van der Waals surface area (Å²) in [6.07, 6.45) is 0. The molecular weight excluding hydrogens is 372 g/mol. The zero-order chi connectivity index (χ0) is 21.1. The minimum absolute atomic E-state index is 0.102. The molecule has 0 aliphatic heterocycles. The molecular formula is C21H22N4O4. The Labute approximate surface area is 168 Å². The molecule has 0 saturated heterocycles. The van der Waals surface area contributed by atoms with Crippen LogP contribution in [0.4, 0.5) is 11.4 Å². The highest BCUT2D eigenvalue weighted by atomic mass is 16.6. The number of nitro benzene ring substituents is 1. The molecule has 8 nitrogen and oxygen atoms in total. The maximum absolute atomic E-state index is 12.7. The second-order valence-corrected chi connectivity index (χ2v) is 6.73. The van der Waals surface area contributed by atoms with Crippen molar-refractivity contribution in [3.63, 3.8) is 0 Å². The summed E-state index contributed by atoms with van der Waals surface area (Å²) in [5, 5.41) is 18.6. The maximum atomic E-state index is 12.7. The van der Waals surface area contributed by atoms with Crippen molar-refractivity contribution >= 4 is 17.3 Å². The van der Waals surface area contributed by atoms with E-state index >= 15 is 0 Å². The predicted molar refractivity (Wildman–Crippen MR) is 110 cm³/mol. The number of nitrogens with zero attached hydrogens (tertiary/aromatic N) is 3. The highest BCUT2D eigenvalue weighted by Gasteiger charge is 2.20. The second-order valence-electron chi connectivity index (χ2n) is 6.73. The van der Waals surface area contributed by atoms with Gasteiger partial charge in [0.2, 0.25) is 0 Å². The SMILES string of the molecule is COc1ccc(C(=O)Nc2c(C)nn(Cc3ccccc3C)c2C)cc1[N+](=O)[O-]. The number of rotatable bonds is 6. The first-order valence-electron chi connectivity index (χ1n) is 9.04. The van der Waals surface area contributed by atoms with E-state index in [9.17, 15) is 14.9 Å². The Morgan fingerprint density at radius 3 is 2.59 bits per heavy atom. The van der Waals surface area contributed by atoms with Gasteiger partial charge in [-0.1, -0.05) is 24.3 Å². The summed E-state index contributed by atoms with van der Waals surface area (Å²) in [6, 6.07) is 12.2. The number of carbonyl (C=O) groups excluding carboxylic acids is 1. The molecule has 0 aliphatic carbocycles. The van der Waals surface area contributed by atoms with Crippen LogP contribution in [0.3, 0.4) is 0 Å². The number of aryl methyl sites for hydroxylation is 2. The van der Waals surface area contributed by atoms with Gasteiger partial charge in [0.1, 0.15) is 0 Å². The van der Waals surface area contributed by atoms with Crippen molar-refractivity contribution in [3.8, 4) is 5.75 Å². The van der Waals surface area contributed by atoms with Gasteiger partial charge in [-0.05, 0) is 44.0 Å². The van der Waals surface area contributed by atoms with Crippen LogP contribution in [-0.2, 0) is 6.54 Å². The lowest BCUT2D eigenvalue weighted by molar-refractivity contribution is -0.385. The molecule has 8 heteroatoms. The fourth-order valence-electron chi connectivity index (χ4n) is 3.14. The molecule has 0 aliphatic rings. The zero-order valence-electron chi connectivity index (χ0n) is 16.7. The Bertz CT molecular complexity index is 1090. The lowest BCUT2D eigenvalue weighted by Crippen LogP contribution is -2.14. The van der Waals surface area contributed by atoms with Crippen LogP contribution in [0.15, 0.2) is 42.5 Å². The standard InChI is InChI=1S/C21H22N4O4/c1-13-7-5-6-8-17(13)12-24-15(3)20(14(2)23-24)22-21(26)16-9-10-19(29-4)18(11-16)25(27)28/h5-11H,12H2,1-4H3,(H,22,26). The van der Waals surface area contributed by atoms with E-state index in [0.29, 0.717) is 17.9 Å². The van der Waals surface area contributed by atoms with Crippen molar-refractivity contribution in [2.24, 2.45) is 0 Å². The van der Waals surface area contributed by atoms with Crippen LogP contribution < -0.4 is 10.1 Å². The van der Waals surface area contributed by atoms with Crippen LogP contribution in [-0.4, -0.2) is 27.7 Å². The van der Waals surface area contributed by atoms with Crippen molar-refractivity contribution in [2.75, 3.05) is 12.4 Å². The lowest BCUT2D eigenvalue weighted by atomic mass is 10.1. The molecule has 3 rings (SSSR count). The normalized spacial score (nSPS) is 10.6. The van der Waals surface area contributed by atoms with Crippen LogP contribution in [0, 0.1) is 30.9 Å². The summed E-state index contributed by atoms with van der Waals surface area (Å²) in [5.41, 5.74) is 4.29. The van der Waals surface area contributed by atoms with Crippen LogP contribution in [0.1, 0.15) is 32.9 Å². The van der Waals surface area contributed by atoms with E-state index in [1.165, 1.54) is 25.3 Å². The highest BCUT2D eigenvalue weighted by molar-refractivity contribution is 6.05. The van der Waals surface area contributed by atoms with Gasteiger partial charge in [-0.3, -0.25) is 19.6 Å². The van der Waals surface area contributed by atoms with E-state index in [1.807, 2.05) is 49.7 Å². The van der Waals surface area contributed by atoms with Gasteiger partial charge < -0.3 is 10.1 Å². The van der Waals surface area contributed by atoms with Gasteiger partial charge in [0.25, 0.3) is 5.91 Å². The van der Waals surface area contributed by atoms with Crippen molar-refractivity contribution in [1.29, 1.82) is 0 Å². The molecule has 3 aromatic rings. The molecule has 1 N–H and O–H groups in total. The third kappa shape index (κ3) is 4.11. The minimum atomic E-state index is -0.577. The second kappa shape index (κ2) is 8.14. The molecule has 29 heavy (non-hydrogen) atoms. The van der Waals surface area contributed by atoms with Gasteiger partial charge >= 0.3 is 5.69 Å². The molecule has 1 aromatic heterocycles. The summed E-state index contributed by atoms with van der Waals surface area (Å²) in [6.45, 7) is 6.32. The Hall–Kier alpha value is -3.68. The first-order valence-corrected chi connectivity index (χ1v) is 9.04. The van der Waals surface area contributed by atoms with Crippen LogP contribution in [0.25, 0.3) is 0 Å². The molecule has 1 heterocycles. The molecule has 1 amide bonds. The number of carbonyl (C=O) groups is 1. The Balaban J connectivity index is 1.86. The third-order valence-corrected chi connectivity index (χ3v) is 4.84. The first-order chi connectivity index (χ1) is 13.8. The van der Waals surface area contributed by atoms with E-state index in [4.69, 9.17) is 4.74 Å². The van der Waals surface area contributed by atoms with E-state index in [0.717, 1.165) is 16.8 Å². The number of methoxy groups -OCH3 is 1. The van der Waals surface area contributed by atoms with Gasteiger partial charge in [-0.25, -0.2) is 0 Å². The van der Waals surface area contributed by atoms with Gasteiger partial charge in [0.15, 0.2) is 5.75 Å². The highest BCUT2D eigenvalue weighted by Crippen LogP contribution is 2.28. The number of aromatic nitrogens is 2. The largest absolute Gasteiger partial charge is 0.490 e. The quantitative estimate of drug-likeness (QED) is 0.503. The Kier molecular flexibility index (Phi) is 5.63. The topological polar surface area (TPSA) is 99.3 Å². The van der Waals surface area contributed by atoms with Crippen molar-refractivity contribution in [2.45, 2.75) is 27.3 Å². The fourth-order valence-corrected chi connectivity index (χ4v) is 3.14. The van der Waals surface area contributed by atoms with Gasteiger partial charge in [0.05, 0.1) is 35.7 Å². The number of benzene rings is 2. The molecule has 0 atom stereocenters. The Morgan fingerprint density at radius 2 is 1.93 bits per heavy atom. The van der Waals surface area contributed by atoms with Gasteiger partial charge in [0, 0.05) is 11.6 Å². The van der Waals surface area contributed by atoms with E-state index in [-0.39, 0.29) is 17.0 Å². The Morgan fingerprint density at radius 1 is 1.21 bits per heavy atom. The van der Waals surface area contributed by atoms with Gasteiger partial charge in [-0.2, -0.15) is 5.10 Å². The fraction of sp³-hybridized carbons (Fsp3) is 0.238. The van der Waals surface area contributed by atoms with Crippen LogP contribution in [0.5, 0.6) is 5.75 Å². The maximum Gasteiger partial charge on any atom is 0.311 e. The summed E-state index contributed by atoms with van der Waals surface area (Å²) in [7, 11) is 1.34. The average molecular weight is 394 g/mol. The van der Waals surface area contributed by atoms with Crippen LogP contribution >= 0.6 is 0 Å². The van der Waals surface area contributed by atoms with Crippen molar-refractivity contribution < 1.29 is 14.5 Å². The summed E-state index contributed by atoms with van der Waals surface area (Å²) >= 11 is 0. The smallest absolute Gasteiger partial charge is 0.311 e. The molecule has 0 unspecified atom stereocenters. The number of ether oxygens (including phenoxy) is 1. The van der Waals surface area contributed by atoms with Crippen molar-refractivity contribution in [3.05, 3.63) is 80.7 Å². The molecule has 0 saturated carbocycles. The third-order valence-electron chi connectivity index (χ3n) is 4.84. The van der Waals surface area contributed by atoms with E-state index in [1.54, 1.807) is 0 Å². The molecule has 2 aromatic carbocycles. The van der Waals surface area contributed by atoms with E-state index in [2.05, 4.69) is 10.4 Å². The zero-order valence-corrected chi connectivity index (χ0v) is 16.7. The number of hydrogen-bond acceptors (Lipinski definition) is 5. The van der Waals surface area contributed by atoms with Gasteiger partial charge in [-0.15, -0.1) is 0 Å². The summed E-state index contributed by atoms with van der Waals surface area (Å²) in [5.74, 6) is -0.345. The first kappa shape index (κ1) is 20.1. The number of anilines is 1. The number of amides is 1. The molecule has 0 bridgehead atoms. The number of nitro groups is 1.